The molecule has 1 saturated heterocycles. The van der Waals surface area contributed by atoms with Crippen LogP contribution in [0.5, 0.6) is 0 Å². The largest absolute Gasteiger partial charge is 0.335 e. The molecule has 4 rings (SSSR count). The fourth-order valence-corrected chi connectivity index (χ4v) is 6.01. The van der Waals surface area contributed by atoms with Gasteiger partial charge in [-0.15, -0.1) is 0 Å². The molecular weight excluding hydrogens is 431 g/mol. The van der Waals surface area contributed by atoms with Crippen molar-refractivity contribution in [2.75, 3.05) is 26.2 Å². The van der Waals surface area contributed by atoms with Gasteiger partial charge in [0.15, 0.2) is 5.69 Å². The minimum atomic E-state index is -3.64. The molecule has 2 aromatic carbocycles. The van der Waals surface area contributed by atoms with E-state index in [0.29, 0.717) is 10.6 Å². The van der Waals surface area contributed by atoms with Gasteiger partial charge in [-0.05, 0) is 62.2 Å². The van der Waals surface area contributed by atoms with Gasteiger partial charge in [0.1, 0.15) is 5.82 Å². The second kappa shape index (κ2) is 8.48. The molecule has 0 N–H and O–H groups in total. The SMILES string of the molecule is Cc1cc(C)c(S(=O)(=O)N2CCN(C(=O)c3ccn(-c4ccc(F)cc4)n3)CC2)c(C)c1. The van der Waals surface area contributed by atoms with Gasteiger partial charge < -0.3 is 4.90 Å². The third-order valence-electron chi connectivity index (χ3n) is 5.63. The van der Waals surface area contributed by atoms with Crippen LogP contribution in [0.1, 0.15) is 27.2 Å². The van der Waals surface area contributed by atoms with E-state index in [2.05, 4.69) is 5.10 Å². The number of benzene rings is 2. The van der Waals surface area contributed by atoms with E-state index in [1.807, 2.05) is 32.9 Å². The van der Waals surface area contributed by atoms with Gasteiger partial charge in [0.25, 0.3) is 5.91 Å². The maximum absolute atomic E-state index is 13.3. The second-order valence-corrected chi connectivity index (χ2v) is 9.92. The zero-order valence-corrected chi connectivity index (χ0v) is 19.1. The molecule has 0 saturated carbocycles. The highest BCUT2D eigenvalue weighted by Crippen LogP contribution is 2.26. The summed E-state index contributed by atoms with van der Waals surface area (Å²) in [6.45, 7) is 6.57. The predicted molar refractivity (Wildman–Crippen MR) is 119 cm³/mol. The van der Waals surface area contributed by atoms with E-state index in [-0.39, 0.29) is 43.6 Å². The summed E-state index contributed by atoms with van der Waals surface area (Å²) in [5.41, 5.74) is 3.38. The third kappa shape index (κ3) is 4.18. The molecule has 9 heteroatoms. The van der Waals surface area contributed by atoms with Crippen LogP contribution in [0.3, 0.4) is 0 Å². The molecule has 32 heavy (non-hydrogen) atoms. The number of halogens is 1. The van der Waals surface area contributed by atoms with Crippen LogP contribution in [0.4, 0.5) is 4.39 Å². The van der Waals surface area contributed by atoms with Crippen molar-refractivity contribution in [3.05, 3.63) is 76.9 Å². The number of sulfonamides is 1. The first-order valence-corrected chi connectivity index (χ1v) is 11.8. The summed E-state index contributed by atoms with van der Waals surface area (Å²) < 4.78 is 42.6. The van der Waals surface area contributed by atoms with E-state index in [9.17, 15) is 17.6 Å². The first-order chi connectivity index (χ1) is 15.2. The highest BCUT2D eigenvalue weighted by molar-refractivity contribution is 7.89. The van der Waals surface area contributed by atoms with E-state index in [1.54, 1.807) is 29.3 Å². The summed E-state index contributed by atoms with van der Waals surface area (Å²) in [5, 5.41) is 4.30. The number of amides is 1. The summed E-state index contributed by atoms with van der Waals surface area (Å²) in [4.78, 5) is 14.9. The van der Waals surface area contributed by atoms with Gasteiger partial charge in [-0.3, -0.25) is 4.79 Å². The zero-order valence-electron chi connectivity index (χ0n) is 18.2. The molecule has 0 atom stereocenters. The topological polar surface area (TPSA) is 75.5 Å². The summed E-state index contributed by atoms with van der Waals surface area (Å²) in [5.74, 6) is -0.605. The average Bonchev–Trinajstić information content (AvgIpc) is 3.23. The number of rotatable bonds is 4. The van der Waals surface area contributed by atoms with E-state index in [1.165, 1.54) is 21.1 Å². The van der Waals surface area contributed by atoms with Crippen LogP contribution in [0, 0.1) is 26.6 Å². The molecule has 1 aliphatic heterocycles. The fourth-order valence-electron chi connectivity index (χ4n) is 4.17. The molecule has 1 aliphatic rings. The molecule has 1 amide bonds. The number of nitrogens with zero attached hydrogens (tertiary/aromatic N) is 4. The van der Waals surface area contributed by atoms with Crippen molar-refractivity contribution in [1.29, 1.82) is 0 Å². The summed E-state index contributed by atoms with van der Waals surface area (Å²) >= 11 is 0. The summed E-state index contributed by atoms with van der Waals surface area (Å²) in [7, 11) is -3.64. The number of carbonyl (C=O) groups excluding carboxylic acids is 1. The van der Waals surface area contributed by atoms with E-state index >= 15 is 0 Å². The van der Waals surface area contributed by atoms with E-state index in [4.69, 9.17) is 0 Å². The maximum Gasteiger partial charge on any atom is 0.274 e. The van der Waals surface area contributed by atoms with Crippen LogP contribution in [0.25, 0.3) is 5.69 Å². The van der Waals surface area contributed by atoms with Crippen molar-refractivity contribution in [1.82, 2.24) is 19.0 Å². The van der Waals surface area contributed by atoms with Crippen LogP contribution in [0.2, 0.25) is 0 Å². The summed E-state index contributed by atoms with van der Waals surface area (Å²) in [6.07, 6.45) is 1.64. The van der Waals surface area contributed by atoms with Crippen molar-refractivity contribution >= 4 is 15.9 Å². The van der Waals surface area contributed by atoms with E-state index in [0.717, 1.165) is 16.7 Å². The highest BCUT2D eigenvalue weighted by atomic mass is 32.2. The molecule has 1 fully saturated rings. The molecule has 0 aliphatic carbocycles. The Balaban J connectivity index is 1.46. The highest BCUT2D eigenvalue weighted by Gasteiger charge is 2.32. The first kappa shape index (κ1) is 22.2. The van der Waals surface area contributed by atoms with Crippen molar-refractivity contribution < 1.29 is 17.6 Å². The molecule has 0 bridgehead atoms. The van der Waals surface area contributed by atoms with Gasteiger partial charge in [0.2, 0.25) is 10.0 Å². The zero-order chi connectivity index (χ0) is 23.0. The van der Waals surface area contributed by atoms with Crippen LogP contribution in [-0.4, -0.2) is 59.5 Å². The molecule has 7 nitrogen and oxygen atoms in total. The number of carbonyl (C=O) groups is 1. The molecule has 168 valence electrons. The quantitative estimate of drug-likeness (QED) is 0.605. The van der Waals surface area contributed by atoms with Crippen LogP contribution >= 0.6 is 0 Å². The normalized spacial score (nSPS) is 15.2. The first-order valence-electron chi connectivity index (χ1n) is 10.4. The Bertz CT molecular complexity index is 1240. The van der Waals surface area contributed by atoms with Crippen molar-refractivity contribution in [3.63, 3.8) is 0 Å². The number of piperazine rings is 1. The van der Waals surface area contributed by atoms with Crippen LogP contribution in [0.15, 0.2) is 53.6 Å². The van der Waals surface area contributed by atoms with Gasteiger partial charge in [-0.2, -0.15) is 9.40 Å². The minimum absolute atomic E-state index is 0.222. The van der Waals surface area contributed by atoms with Gasteiger partial charge in [-0.1, -0.05) is 17.7 Å². The number of hydrogen-bond donors (Lipinski definition) is 0. The standard InChI is InChI=1S/C23H25FN4O3S/c1-16-14-17(2)22(18(3)15-16)32(30,31)27-12-10-26(11-13-27)23(29)21-8-9-28(25-21)20-6-4-19(24)5-7-20/h4-9,14-15H,10-13H2,1-3H3. The maximum atomic E-state index is 13.3. The Morgan fingerprint density at radius 1 is 0.938 bits per heavy atom. The molecule has 1 aromatic heterocycles. The predicted octanol–water partition coefficient (Wildman–Crippen LogP) is 3.08. The number of aryl methyl sites for hydroxylation is 3. The van der Waals surface area contributed by atoms with Gasteiger partial charge >= 0.3 is 0 Å². The van der Waals surface area contributed by atoms with Gasteiger partial charge in [0.05, 0.1) is 10.6 Å². The average molecular weight is 457 g/mol. The van der Waals surface area contributed by atoms with Crippen molar-refractivity contribution in [2.24, 2.45) is 0 Å². The van der Waals surface area contributed by atoms with Gasteiger partial charge in [0, 0.05) is 32.4 Å². The Kier molecular flexibility index (Phi) is 5.87. The number of aromatic nitrogens is 2. The monoisotopic (exact) mass is 456 g/mol. The molecule has 0 unspecified atom stereocenters. The Labute approximate surface area is 187 Å². The molecule has 0 spiro atoms. The Hall–Kier alpha value is -3.04. The lowest BCUT2D eigenvalue weighted by molar-refractivity contribution is 0.0691. The lowest BCUT2D eigenvalue weighted by Gasteiger charge is -2.34. The lowest BCUT2D eigenvalue weighted by atomic mass is 10.1. The minimum Gasteiger partial charge on any atom is -0.335 e. The Morgan fingerprint density at radius 2 is 1.53 bits per heavy atom. The smallest absolute Gasteiger partial charge is 0.274 e. The molecule has 0 radical (unpaired) electrons. The van der Waals surface area contributed by atoms with Gasteiger partial charge in [-0.25, -0.2) is 17.5 Å². The van der Waals surface area contributed by atoms with E-state index < -0.39 is 10.0 Å². The third-order valence-corrected chi connectivity index (χ3v) is 7.83. The molecule has 2 heterocycles. The van der Waals surface area contributed by atoms with Crippen molar-refractivity contribution in [3.8, 4) is 5.69 Å². The van der Waals surface area contributed by atoms with Crippen molar-refractivity contribution in [2.45, 2.75) is 25.7 Å². The number of hydrogen-bond acceptors (Lipinski definition) is 4. The lowest BCUT2D eigenvalue weighted by Crippen LogP contribution is -2.50. The second-order valence-electron chi connectivity index (χ2n) is 8.05. The van der Waals surface area contributed by atoms with Crippen LogP contribution < -0.4 is 0 Å². The molecular formula is C23H25FN4O3S. The molecule has 3 aromatic rings. The Morgan fingerprint density at radius 3 is 2.12 bits per heavy atom. The fraction of sp³-hybridized carbons (Fsp3) is 0.304. The van der Waals surface area contributed by atoms with Crippen LogP contribution in [-0.2, 0) is 10.0 Å². The summed E-state index contributed by atoms with van der Waals surface area (Å²) in [6, 6.07) is 11.2.